The third-order valence-electron chi connectivity index (χ3n) is 1.53. The van der Waals surface area contributed by atoms with E-state index in [9.17, 15) is 4.79 Å². The van der Waals surface area contributed by atoms with E-state index in [4.69, 9.17) is 5.11 Å². The van der Waals surface area contributed by atoms with Crippen molar-refractivity contribution in [1.29, 1.82) is 0 Å². The summed E-state index contributed by atoms with van der Waals surface area (Å²) >= 11 is 0. The van der Waals surface area contributed by atoms with Gasteiger partial charge < -0.3 is 5.11 Å². The summed E-state index contributed by atoms with van der Waals surface area (Å²) in [6, 6.07) is 7.96. The molecule has 1 rings (SSSR count). The molecule has 12 heavy (non-hydrogen) atoms. The van der Waals surface area contributed by atoms with Crippen molar-refractivity contribution < 1.29 is 9.90 Å². The first-order valence-corrected chi connectivity index (χ1v) is 3.49. The summed E-state index contributed by atoms with van der Waals surface area (Å²) < 4.78 is 0. The Morgan fingerprint density at radius 1 is 1.42 bits per heavy atom. The summed E-state index contributed by atoms with van der Waals surface area (Å²) in [5.41, 5.74) is 0.653. The molecule has 0 saturated heterocycles. The third kappa shape index (κ3) is 1.69. The Kier molecular flexibility index (Phi) is 2.58. The topological polar surface area (TPSA) is 49.7 Å². The van der Waals surface area contributed by atoms with Crippen molar-refractivity contribution in [1.82, 2.24) is 0 Å². The van der Waals surface area contributed by atoms with Gasteiger partial charge in [-0.1, -0.05) is 30.3 Å². The zero-order chi connectivity index (χ0) is 8.97. The third-order valence-corrected chi connectivity index (χ3v) is 1.53. The Bertz CT molecular complexity index is 282. The van der Waals surface area contributed by atoms with Gasteiger partial charge in [0, 0.05) is 0 Å². The zero-order valence-corrected chi connectivity index (χ0v) is 6.47. The van der Waals surface area contributed by atoms with Crippen molar-refractivity contribution in [2.45, 2.75) is 6.04 Å². The van der Waals surface area contributed by atoms with Crippen molar-refractivity contribution >= 4 is 12.7 Å². The minimum absolute atomic E-state index is 0.653. The van der Waals surface area contributed by atoms with Crippen LogP contribution < -0.4 is 0 Å². The maximum absolute atomic E-state index is 10.6. The fraction of sp³-hybridized carbons (Fsp3) is 0.111. The number of carbonyl (C=O) groups is 1. The fourth-order valence-electron chi connectivity index (χ4n) is 0.961. The van der Waals surface area contributed by atoms with Crippen LogP contribution in [0, 0.1) is 0 Å². The maximum Gasteiger partial charge on any atom is 0.333 e. The quantitative estimate of drug-likeness (QED) is 0.686. The number of carboxylic acid groups (broad SMARTS) is 1. The average molecular weight is 163 g/mol. The lowest BCUT2D eigenvalue weighted by molar-refractivity contribution is -0.138. The number of rotatable bonds is 3. The molecule has 0 aromatic heterocycles. The van der Waals surface area contributed by atoms with Crippen LogP contribution in [0.4, 0.5) is 0 Å². The molecule has 0 saturated carbocycles. The van der Waals surface area contributed by atoms with Crippen LogP contribution in [-0.2, 0) is 4.79 Å². The van der Waals surface area contributed by atoms with Gasteiger partial charge in [0.1, 0.15) is 0 Å². The van der Waals surface area contributed by atoms with E-state index in [1.807, 2.05) is 6.07 Å². The molecule has 62 valence electrons. The molecule has 1 atom stereocenters. The number of hydrogen-bond acceptors (Lipinski definition) is 2. The molecule has 0 aliphatic rings. The van der Waals surface area contributed by atoms with Gasteiger partial charge in [0.25, 0.3) is 0 Å². The van der Waals surface area contributed by atoms with E-state index in [0.717, 1.165) is 0 Å². The largest absolute Gasteiger partial charge is 0.479 e. The number of carboxylic acids is 1. The molecule has 1 N–H and O–H groups in total. The number of aliphatic imine (C=N–C) groups is 1. The highest BCUT2D eigenvalue weighted by molar-refractivity contribution is 5.76. The Labute approximate surface area is 70.4 Å². The molecule has 1 aromatic carbocycles. The summed E-state index contributed by atoms with van der Waals surface area (Å²) in [4.78, 5) is 14.1. The molecule has 0 bridgehead atoms. The highest BCUT2D eigenvalue weighted by atomic mass is 16.4. The average Bonchev–Trinajstić information content (AvgIpc) is 2.07. The van der Waals surface area contributed by atoms with Crippen LogP contribution in [0.3, 0.4) is 0 Å². The van der Waals surface area contributed by atoms with Crippen LogP contribution in [0.25, 0.3) is 0 Å². The molecule has 0 radical (unpaired) electrons. The molecule has 0 unspecified atom stereocenters. The molecule has 0 heterocycles. The van der Waals surface area contributed by atoms with Crippen LogP contribution in [0.5, 0.6) is 0 Å². The highest BCUT2D eigenvalue weighted by Gasteiger charge is 2.15. The minimum Gasteiger partial charge on any atom is -0.479 e. The van der Waals surface area contributed by atoms with Gasteiger partial charge in [0.2, 0.25) is 0 Å². The summed E-state index contributed by atoms with van der Waals surface area (Å²) in [6.45, 7) is 3.23. The summed E-state index contributed by atoms with van der Waals surface area (Å²) in [6.07, 6.45) is 0. The van der Waals surface area contributed by atoms with Crippen LogP contribution >= 0.6 is 0 Å². The van der Waals surface area contributed by atoms with E-state index in [1.54, 1.807) is 24.3 Å². The van der Waals surface area contributed by atoms with Gasteiger partial charge >= 0.3 is 5.97 Å². The molecule has 3 nitrogen and oxygen atoms in total. The zero-order valence-electron chi connectivity index (χ0n) is 6.47. The molecule has 0 aliphatic carbocycles. The SMILES string of the molecule is C=N[C@H](C(=O)O)c1ccccc1. The van der Waals surface area contributed by atoms with Crippen LogP contribution in [0.1, 0.15) is 11.6 Å². The lowest BCUT2D eigenvalue weighted by Crippen LogP contribution is -2.08. The number of hydrogen-bond donors (Lipinski definition) is 1. The van der Waals surface area contributed by atoms with Crippen LogP contribution in [-0.4, -0.2) is 17.8 Å². The van der Waals surface area contributed by atoms with Gasteiger partial charge in [0.05, 0.1) is 0 Å². The Morgan fingerprint density at radius 2 is 2.00 bits per heavy atom. The van der Waals surface area contributed by atoms with Crippen LogP contribution in [0.2, 0.25) is 0 Å². The van der Waals surface area contributed by atoms with Gasteiger partial charge in [-0.2, -0.15) is 0 Å². The lowest BCUT2D eigenvalue weighted by atomic mass is 10.1. The highest BCUT2D eigenvalue weighted by Crippen LogP contribution is 2.15. The molecule has 0 fully saturated rings. The monoisotopic (exact) mass is 163 g/mol. The number of aliphatic carboxylic acids is 1. The second-order valence-corrected chi connectivity index (χ2v) is 2.33. The fourth-order valence-corrected chi connectivity index (χ4v) is 0.961. The maximum atomic E-state index is 10.6. The van der Waals surface area contributed by atoms with Crippen molar-refractivity contribution in [3.63, 3.8) is 0 Å². The molecule has 0 spiro atoms. The lowest BCUT2D eigenvalue weighted by Gasteiger charge is -2.05. The second-order valence-electron chi connectivity index (χ2n) is 2.33. The molecule has 0 amide bonds. The summed E-state index contributed by atoms with van der Waals surface area (Å²) in [5, 5.41) is 8.69. The van der Waals surface area contributed by atoms with Gasteiger partial charge in [-0.25, -0.2) is 4.79 Å². The Balaban J connectivity index is 2.95. The van der Waals surface area contributed by atoms with E-state index >= 15 is 0 Å². The smallest absolute Gasteiger partial charge is 0.333 e. The van der Waals surface area contributed by atoms with Gasteiger partial charge in [-0.05, 0) is 12.3 Å². The first-order chi connectivity index (χ1) is 5.75. The molecule has 0 aliphatic heterocycles. The molecular weight excluding hydrogens is 154 g/mol. The number of nitrogens with zero attached hydrogens (tertiary/aromatic N) is 1. The summed E-state index contributed by atoms with van der Waals surface area (Å²) in [7, 11) is 0. The van der Waals surface area contributed by atoms with Gasteiger partial charge in [-0.15, -0.1) is 0 Å². The Morgan fingerprint density at radius 3 is 2.42 bits per heavy atom. The van der Waals surface area contributed by atoms with E-state index < -0.39 is 12.0 Å². The first-order valence-electron chi connectivity index (χ1n) is 3.49. The normalized spacial score (nSPS) is 12.0. The molecule has 1 aromatic rings. The summed E-state index contributed by atoms with van der Waals surface area (Å²) in [5.74, 6) is -0.976. The Hall–Kier alpha value is -1.64. The molecular formula is C9H9NO2. The van der Waals surface area contributed by atoms with Crippen molar-refractivity contribution in [3.8, 4) is 0 Å². The van der Waals surface area contributed by atoms with E-state index in [2.05, 4.69) is 11.7 Å². The number of benzene rings is 1. The van der Waals surface area contributed by atoms with E-state index in [1.165, 1.54) is 0 Å². The van der Waals surface area contributed by atoms with Crippen molar-refractivity contribution in [2.75, 3.05) is 0 Å². The standard InChI is InChI=1S/C9H9NO2/c1-10-8(9(11)12)7-5-3-2-4-6-7/h2-6,8H,1H2,(H,11,12)/t8-/m0/s1. The van der Waals surface area contributed by atoms with E-state index in [0.29, 0.717) is 5.56 Å². The second kappa shape index (κ2) is 3.67. The van der Waals surface area contributed by atoms with Gasteiger partial charge in [-0.3, -0.25) is 4.99 Å². The first kappa shape index (κ1) is 8.46. The van der Waals surface area contributed by atoms with Gasteiger partial charge in [0.15, 0.2) is 6.04 Å². The molecule has 3 heteroatoms. The van der Waals surface area contributed by atoms with E-state index in [-0.39, 0.29) is 0 Å². The van der Waals surface area contributed by atoms with Crippen molar-refractivity contribution in [3.05, 3.63) is 35.9 Å². The van der Waals surface area contributed by atoms with Crippen molar-refractivity contribution in [2.24, 2.45) is 4.99 Å². The predicted octanol–water partition coefficient (Wildman–Crippen LogP) is 1.51. The predicted molar refractivity (Wildman–Crippen MR) is 46.4 cm³/mol. The van der Waals surface area contributed by atoms with Crippen LogP contribution in [0.15, 0.2) is 35.3 Å². The minimum atomic E-state index is -0.976.